The van der Waals surface area contributed by atoms with Crippen molar-refractivity contribution < 1.29 is 22.7 Å². The number of ether oxygens (including phenoxy) is 1. The van der Waals surface area contributed by atoms with Crippen LogP contribution in [0.2, 0.25) is 0 Å². The average Bonchev–Trinajstić information content (AvgIpc) is 3.22. The van der Waals surface area contributed by atoms with Crippen LogP contribution >= 0.6 is 0 Å². The van der Waals surface area contributed by atoms with E-state index in [1.54, 1.807) is 4.90 Å². The summed E-state index contributed by atoms with van der Waals surface area (Å²) >= 11 is 0. The molecule has 0 saturated carbocycles. The molecule has 180 valence electrons. The maximum absolute atomic E-state index is 13.3. The zero-order chi connectivity index (χ0) is 24.6. The molecule has 0 saturated heterocycles. The minimum absolute atomic E-state index is 0.0262. The van der Waals surface area contributed by atoms with Gasteiger partial charge in [0.05, 0.1) is 10.5 Å². The van der Waals surface area contributed by atoms with Gasteiger partial charge in [0, 0.05) is 24.8 Å². The SMILES string of the molecule is C[C@H]1Cc2ccccc2N1C(=O)COC(=O)c1cccc(S(=O)(=O)N2CCc3ccccc3C2)c1. The van der Waals surface area contributed by atoms with Crippen molar-refractivity contribution in [1.82, 2.24) is 4.31 Å². The molecule has 8 heteroatoms. The largest absolute Gasteiger partial charge is 0.452 e. The van der Waals surface area contributed by atoms with E-state index in [-0.39, 0.29) is 29.0 Å². The van der Waals surface area contributed by atoms with Gasteiger partial charge in [-0.15, -0.1) is 0 Å². The van der Waals surface area contributed by atoms with Gasteiger partial charge in [0.1, 0.15) is 0 Å². The summed E-state index contributed by atoms with van der Waals surface area (Å²) in [6, 6.07) is 21.2. The molecular formula is C27H26N2O5S. The Morgan fingerprint density at radius 3 is 2.46 bits per heavy atom. The molecule has 35 heavy (non-hydrogen) atoms. The van der Waals surface area contributed by atoms with Crippen LogP contribution in [0.4, 0.5) is 5.69 Å². The van der Waals surface area contributed by atoms with Gasteiger partial charge in [0.25, 0.3) is 5.91 Å². The highest BCUT2D eigenvalue weighted by molar-refractivity contribution is 7.89. The van der Waals surface area contributed by atoms with Crippen molar-refractivity contribution >= 4 is 27.6 Å². The highest BCUT2D eigenvalue weighted by Gasteiger charge is 2.32. The molecule has 2 heterocycles. The lowest BCUT2D eigenvalue weighted by Crippen LogP contribution is -2.38. The number of anilines is 1. The van der Waals surface area contributed by atoms with Gasteiger partial charge in [0.15, 0.2) is 6.61 Å². The van der Waals surface area contributed by atoms with Crippen LogP contribution in [0.3, 0.4) is 0 Å². The monoisotopic (exact) mass is 490 g/mol. The number of carbonyl (C=O) groups is 2. The fourth-order valence-corrected chi connectivity index (χ4v) is 6.30. The first-order chi connectivity index (χ1) is 16.8. The van der Waals surface area contributed by atoms with Crippen molar-refractivity contribution in [2.24, 2.45) is 0 Å². The number of hydrogen-bond donors (Lipinski definition) is 0. The van der Waals surface area contributed by atoms with Crippen molar-refractivity contribution in [1.29, 1.82) is 0 Å². The molecule has 0 radical (unpaired) electrons. The third-order valence-electron chi connectivity index (χ3n) is 6.61. The Bertz CT molecular complexity index is 1400. The third kappa shape index (κ3) is 4.47. The first-order valence-corrected chi connectivity index (χ1v) is 13.0. The number of carbonyl (C=O) groups excluding carboxylic acids is 2. The smallest absolute Gasteiger partial charge is 0.338 e. The Labute approximate surface area is 205 Å². The first kappa shape index (κ1) is 23.3. The zero-order valence-corrected chi connectivity index (χ0v) is 20.2. The van der Waals surface area contributed by atoms with Gasteiger partial charge in [0.2, 0.25) is 10.0 Å². The Morgan fingerprint density at radius 2 is 1.66 bits per heavy atom. The zero-order valence-electron chi connectivity index (χ0n) is 19.4. The molecule has 1 atom stereocenters. The van der Waals surface area contributed by atoms with Crippen molar-refractivity contribution in [2.45, 2.75) is 37.2 Å². The van der Waals surface area contributed by atoms with Gasteiger partial charge < -0.3 is 9.64 Å². The van der Waals surface area contributed by atoms with Crippen LogP contribution in [0.1, 0.15) is 34.0 Å². The van der Waals surface area contributed by atoms with Crippen molar-refractivity contribution in [3.05, 3.63) is 95.1 Å². The van der Waals surface area contributed by atoms with E-state index in [1.165, 1.54) is 28.6 Å². The number of fused-ring (bicyclic) bond motifs is 2. The molecule has 3 aromatic rings. The molecule has 2 aliphatic heterocycles. The molecule has 0 unspecified atom stereocenters. The predicted molar refractivity (Wildman–Crippen MR) is 132 cm³/mol. The molecule has 0 N–H and O–H groups in total. The second-order valence-corrected chi connectivity index (χ2v) is 10.8. The van der Waals surface area contributed by atoms with Crippen molar-refractivity contribution in [3.8, 4) is 0 Å². The molecule has 7 nitrogen and oxygen atoms in total. The summed E-state index contributed by atoms with van der Waals surface area (Å²) in [4.78, 5) is 27.2. The van der Waals surface area contributed by atoms with E-state index in [2.05, 4.69) is 0 Å². The minimum Gasteiger partial charge on any atom is -0.452 e. The first-order valence-electron chi connectivity index (χ1n) is 11.6. The van der Waals surface area contributed by atoms with E-state index >= 15 is 0 Å². The molecule has 1 amide bonds. The van der Waals surface area contributed by atoms with E-state index in [0.29, 0.717) is 13.0 Å². The van der Waals surface area contributed by atoms with Gasteiger partial charge in [-0.2, -0.15) is 4.31 Å². The van der Waals surface area contributed by atoms with Gasteiger partial charge in [-0.25, -0.2) is 13.2 Å². The minimum atomic E-state index is -3.80. The fraction of sp³-hybridized carbons (Fsp3) is 0.259. The Hall–Kier alpha value is -3.49. The molecule has 3 aromatic carbocycles. The molecule has 0 spiro atoms. The van der Waals surface area contributed by atoms with E-state index in [4.69, 9.17) is 4.74 Å². The maximum Gasteiger partial charge on any atom is 0.338 e. The standard InChI is InChI=1S/C27H26N2O5S/c1-19-15-21-8-4-5-12-25(21)29(19)26(30)18-34-27(31)22-10-6-11-24(16-22)35(32,33)28-14-13-20-7-2-3-9-23(20)17-28/h2-12,16,19H,13-15,17-18H2,1H3/t19-/m0/s1. The number of para-hydroxylation sites is 1. The van der Waals surface area contributed by atoms with Crippen molar-refractivity contribution in [2.75, 3.05) is 18.1 Å². The number of rotatable bonds is 5. The summed E-state index contributed by atoms with van der Waals surface area (Å²) in [6.45, 7) is 2.19. The van der Waals surface area contributed by atoms with E-state index in [0.717, 1.165) is 28.8 Å². The third-order valence-corrected chi connectivity index (χ3v) is 8.45. The lowest BCUT2D eigenvalue weighted by molar-refractivity contribution is -0.122. The van der Waals surface area contributed by atoms with Crippen LogP contribution in [-0.4, -0.2) is 43.8 Å². The van der Waals surface area contributed by atoms with E-state index < -0.39 is 22.6 Å². The second-order valence-electron chi connectivity index (χ2n) is 8.91. The van der Waals surface area contributed by atoms with Gasteiger partial charge in [-0.3, -0.25) is 4.79 Å². The summed E-state index contributed by atoms with van der Waals surface area (Å²) < 4.78 is 33.3. The average molecular weight is 491 g/mol. The van der Waals surface area contributed by atoms with Crippen LogP contribution in [-0.2, 0) is 38.9 Å². The Morgan fingerprint density at radius 1 is 0.943 bits per heavy atom. The lowest BCUT2D eigenvalue weighted by atomic mass is 10.0. The quantitative estimate of drug-likeness (QED) is 0.511. The molecule has 0 fully saturated rings. The summed E-state index contributed by atoms with van der Waals surface area (Å²) in [7, 11) is -3.80. The molecule has 0 aliphatic carbocycles. The summed E-state index contributed by atoms with van der Waals surface area (Å²) in [6.07, 6.45) is 1.38. The molecule has 0 aromatic heterocycles. The topological polar surface area (TPSA) is 84.0 Å². The molecule has 5 rings (SSSR count). The molecular weight excluding hydrogens is 464 g/mol. The van der Waals surface area contributed by atoms with Crippen LogP contribution in [0.25, 0.3) is 0 Å². The second kappa shape index (κ2) is 9.28. The highest BCUT2D eigenvalue weighted by Crippen LogP contribution is 2.32. The van der Waals surface area contributed by atoms with Crippen LogP contribution in [0.15, 0.2) is 77.7 Å². The van der Waals surface area contributed by atoms with Gasteiger partial charge in [-0.05, 0) is 60.7 Å². The highest BCUT2D eigenvalue weighted by atomic mass is 32.2. The van der Waals surface area contributed by atoms with Gasteiger partial charge in [-0.1, -0.05) is 48.5 Å². The normalized spacial score (nSPS) is 17.5. The predicted octanol–water partition coefficient (Wildman–Crippen LogP) is 3.57. The van der Waals surface area contributed by atoms with E-state index in [1.807, 2.05) is 55.5 Å². The molecule has 2 aliphatic rings. The number of benzene rings is 3. The summed E-state index contributed by atoms with van der Waals surface area (Å²) in [5.41, 5.74) is 4.13. The number of amides is 1. The van der Waals surface area contributed by atoms with E-state index in [9.17, 15) is 18.0 Å². The van der Waals surface area contributed by atoms with Crippen LogP contribution in [0.5, 0.6) is 0 Å². The maximum atomic E-state index is 13.3. The van der Waals surface area contributed by atoms with Crippen molar-refractivity contribution in [3.63, 3.8) is 0 Å². The van der Waals surface area contributed by atoms with Crippen LogP contribution < -0.4 is 4.90 Å². The Balaban J connectivity index is 1.28. The number of sulfonamides is 1. The molecule has 0 bridgehead atoms. The van der Waals surface area contributed by atoms with Crippen LogP contribution in [0, 0.1) is 0 Å². The number of esters is 1. The fourth-order valence-electron chi connectivity index (χ4n) is 4.83. The summed E-state index contributed by atoms with van der Waals surface area (Å²) in [5.74, 6) is -1.05. The summed E-state index contributed by atoms with van der Waals surface area (Å²) in [5, 5.41) is 0. The van der Waals surface area contributed by atoms with Gasteiger partial charge >= 0.3 is 5.97 Å². The Kier molecular flexibility index (Phi) is 6.17. The number of hydrogen-bond acceptors (Lipinski definition) is 5. The number of nitrogens with zero attached hydrogens (tertiary/aromatic N) is 2. The lowest BCUT2D eigenvalue weighted by Gasteiger charge is -2.28.